The predicted octanol–water partition coefficient (Wildman–Crippen LogP) is 0.765. The lowest BCUT2D eigenvalue weighted by Gasteiger charge is -2.08. The Hall–Kier alpha value is -1.51. The van der Waals surface area contributed by atoms with Crippen LogP contribution < -0.4 is 10.3 Å². The Morgan fingerprint density at radius 2 is 1.94 bits per heavy atom. The molecule has 0 saturated carbocycles. The van der Waals surface area contributed by atoms with Crippen LogP contribution in [0.1, 0.15) is 5.56 Å². The highest BCUT2D eigenvalue weighted by atomic mass is 32.2. The number of rotatable bonds is 2. The van der Waals surface area contributed by atoms with E-state index in [1.165, 1.54) is 0 Å². The van der Waals surface area contributed by atoms with Crippen molar-refractivity contribution in [2.24, 2.45) is 0 Å². The summed E-state index contributed by atoms with van der Waals surface area (Å²) in [6.45, 7) is 0. The Labute approximate surface area is 88.3 Å². The van der Waals surface area contributed by atoms with E-state index in [4.69, 9.17) is 0 Å². The van der Waals surface area contributed by atoms with Crippen LogP contribution in [0.2, 0.25) is 0 Å². The molecule has 0 saturated heterocycles. The van der Waals surface area contributed by atoms with Gasteiger partial charge >= 0.3 is 6.18 Å². The fourth-order valence-electron chi connectivity index (χ4n) is 0.923. The Balaban J connectivity index is 3.25. The molecule has 0 aliphatic carbocycles. The fourth-order valence-corrected chi connectivity index (χ4v) is 1.47. The van der Waals surface area contributed by atoms with Crippen LogP contribution in [-0.2, 0) is 16.2 Å². The first-order valence-electron chi connectivity index (χ1n) is 3.87. The monoisotopic (exact) mass is 256 g/mol. The van der Waals surface area contributed by atoms with Gasteiger partial charge in [-0.3, -0.25) is 9.52 Å². The van der Waals surface area contributed by atoms with Crippen molar-refractivity contribution in [3.05, 3.63) is 28.2 Å². The van der Waals surface area contributed by atoms with Crippen molar-refractivity contribution < 1.29 is 21.6 Å². The van der Waals surface area contributed by atoms with Crippen LogP contribution in [-0.4, -0.2) is 19.7 Å². The number of aromatic nitrogens is 1. The van der Waals surface area contributed by atoms with E-state index in [1.807, 2.05) is 0 Å². The topological polar surface area (TPSA) is 79.0 Å². The van der Waals surface area contributed by atoms with Gasteiger partial charge in [0.1, 0.15) is 5.69 Å². The number of anilines is 1. The van der Waals surface area contributed by atoms with Gasteiger partial charge in [0.2, 0.25) is 10.0 Å². The van der Waals surface area contributed by atoms with Gasteiger partial charge in [0.25, 0.3) is 5.56 Å². The van der Waals surface area contributed by atoms with Crippen LogP contribution >= 0.6 is 0 Å². The zero-order valence-corrected chi connectivity index (χ0v) is 8.74. The lowest BCUT2D eigenvalue weighted by molar-refractivity contribution is -0.137. The molecule has 90 valence electrons. The maximum atomic E-state index is 12.2. The van der Waals surface area contributed by atoms with Gasteiger partial charge in [0.15, 0.2) is 0 Å². The molecule has 0 spiro atoms. The molecule has 0 bridgehead atoms. The van der Waals surface area contributed by atoms with Crippen molar-refractivity contribution in [3.63, 3.8) is 0 Å². The highest BCUT2D eigenvalue weighted by molar-refractivity contribution is 7.92. The van der Waals surface area contributed by atoms with Crippen LogP contribution in [0.5, 0.6) is 0 Å². The molecule has 16 heavy (non-hydrogen) atoms. The highest BCUT2D eigenvalue weighted by Gasteiger charge is 2.31. The summed E-state index contributed by atoms with van der Waals surface area (Å²) in [5, 5.41) is 0. The molecular formula is C7H7F3N2O3S. The second kappa shape index (κ2) is 3.81. The Bertz CT molecular complexity index is 547. The van der Waals surface area contributed by atoms with E-state index in [0.29, 0.717) is 12.3 Å². The summed E-state index contributed by atoms with van der Waals surface area (Å²) in [5.41, 5.74) is -2.76. The zero-order chi connectivity index (χ0) is 12.6. The minimum atomic E-state index is -4.65. The van der Waals surface area contributed by atoms with E-state index < -0.39 is 33.0 Å². The third-order valence-corrected chi connectivity index (χ3v) is 2.12. The maximum Gasteiger partial charge on any atom is 0.417 e. The minimum absolute atomic E-state index is 0.430. The van der Waals surface area contributed by atoms with E-state index in [9.17, 15) is 26.4 Å². The summed E-state index contributed by atoms with van der Waals surface area (Å²) in [6.07, 6.45) is -3.46. The SMILES string of the molecule is CS(=O)(=O)Nc1cc(C(F)(F)F)c[nH]c1=O. The molecule has 1 heterocycles. The molecular weight excluding hydrogens is 249 g/mol. The summed E-state index contributed by atoms with van der Waals surface area (Å²) in [4.78, 5) is 12.8. The van der Waals surface area contributed by atoms with Crippen LogP contribution in [0, 0.1) is 0 Å². The zero-order valence-electron chi connectivity index (χ0n) is 7.92. The summed E-state index contributed by atoms with van der Waals surface area (Å²) < 4.78 is 59.9. The molecule has 0 aliphatic rings. The standard InChI is InChI=1S/C7H7F3N2O3S/c1-16(14,15)12-5-2-4(7(8,9)10)3-11-6(5)13/h2-3,12H,1H3,(H,11,13). The number of sulfonamides is 1. The molecule has 0 atom stereocenters. The molecule has 9 heteroatoms. The predicted molar refractivity (Wildman–Crippen MR) is 50.5 cm³/mol. The largest absolute Gasteiger partial charge is 0.417 e. The third kappa shape index (κ3) is 3.26. The van der Waals surface area contributed by atoms with Crippen molar-refractivity contribution in [2.45, 2.75) is 6.18 Å². The normalized spacial score (nSPS) is 12.5. The summed E-state index contributed by atoms with van der Waals surface area (Å²) >= 11 is 0. The van der Waals surface area contributed by atoms with E-state index in [-0.39, 0.29) is 0 Å². The number of H-pyrrole nitrogens is 1. The van der Waals surface area contributed by atoms with Gasteiger partial charge in [-0.15, -0.1) is 0 Å². The number of aromatic amines is 1. The molecule has 0 unspecified atom stereocenters. The lowest BCUT2D eigenvalue weighted by atomic mass is 10.2. The first kappa shape index (κ1) is 12.6. The van der Waals surface area contributed by atoms with E-state index in [0.717, 1.165) is 6.26 Å². The molecule has 0 amide bonds. The average Bonchev–Trinajstić information content (AvgIpc) is 2.04. The third-order valence-electron chi connectivity index (χ3n) is 1.53. The summed E-state index contributed by atoms with van der Waals surface area (Å²) in [6, 6.07) is 0.430. The Morgan fingerprint density at radius 1 is 1.38 bits per heavy atom. The molecule has 0 aromatic carbocycles. The van der Waals surface area contributed by atoms with Gasteiger partial charge in [0, 0.05) is 6.20 Å². The number of nitrogens with one attached hydrogen (secondary N) is 2. The number of alkyl halides is 3. The van der Waals surface area contributed by atoms with Gasteiger partial charge < -0.3 is 4.98 Å². The molecule has 0 radical (unpaired) electrons. The second-order valence-corrected chi connectivity index (χ2v) is 4.75. The van der Waals surface area contributed by atoms with Gasteiger partial charge in [-0.05, 0) is 6.07 Å². The van der Waals surface area contributed by atoms with Crippen molar-refractivity contribution >= 4 is 15.7 Å². The first-order chi connectivity index (χ1) is 7.09. The summed E-state index contributed by atoms with van der Waals surface area (Å²) in [5.74, 6) is 0. The highest BCUT2D eigenvalue weighted by Crippen LogP contribution is 2.29. The Morgan fingerprint density at radius 3 is 2.38 bits per heavy atom. The minimum Gasteiger partial charge on any atom is -0.327 e. The average molecular weight is 256 g/mol. The van der Waals surface area contributed by atoms with Gasteiger partial charge in [0.05, 0.1) is 11.8 Å². The maximum absolute atomic E-state index is 12.2. The Kier molecular flexibility index (Phi) is 2.99. The van der Waals surface area contributed by atoms with E-state index in [2.05, 4.69) is 0 Å². The fraction of sp³-hybridized carbons (Fsp3) is 0.286. The number of halogens is 3. The van der Waals surface area contributed by atoms with Crippen molar-refractivity contribution in [1.82, 2.24) is 4.98 Å². The molecule has 2 N–H and O–H groups in total. The lowest BCUT2D eigenvalue weighted by Crippen LogP contribution is -2.20. The van der Waals surface area contributed by atoms with Gasteiger partial charge in [-0.2, -0.15) is 13.2 Å². The quantitative estimate of drug-likeness (QED) is 0.820. The molecule has 0 aliphatic heterocycles. The van der Waals surface area contributed by atoms with Crippen LogP contribution in [0.4, 0.5) is 18.9 Å². The van der Waals surface area contributed by atoms with Crippen LogP contribution in [0.25, 0.3) is 0 Å². The number of hydrogen-bond acceptors (Lipinski definition) is 3. The molecule has 1 aromatic heterocycles. The van der Waals surface area contributed by atoms with Crippen molar-refractivity contribution in [3.8, 4) is 0 Å². The first-order valence-corrected chi connectivity index (χ1v) is 5.76. The number of pyridine rings is 1. The van der Waals surface area contributed by atoms with Crippen molar-refractivity contribution in [1.29, 1.82) is 0 Å². The van der Waals surface area contributed by atoms with Crippen LogP contribution in [0.3, 0.4) is 0 Å². The molecule has 0 fully saturated rings. The van der Waals surface area contributed by atoms with Gasteiger partial charge in [-0.25, -0.2) is 8.42 Å². The van der Waals surface area contributed by atoms with Crippen LogP contribution in [0.15, 0.2) is 17.1 Å². The van der Waals surface area contributed by atoms with Crippen molar-refractivity contribution in [2.75, 3.05) is 11.0 Å². The number of hydrogen-bond donors (Lipinski definition) is 2. The molecule has 1 rings (SSSR count). The smallest absolute Gasteiger partial charge is 0.327 e. The summed E-state index contributed by atoms with van der Waals surface area (Å²) in [7, 11) is -3.80. The molecule has 1 aromatic rings. The molecule has 5 nitrogen and oxygen atoms in total. The van der Waals surface area contributed by atoms with E-state index >= 15 is 0 Å². The van der Waals surface area contributed by atoms with E-state index in [1.54, 1.807) is 9.71 Å². The van der Waals surface area contributed by atoms with Gasteiger partial charge in [-0.1, -0.05) is 0 Å². The second-order valence-electron chi connectivity index (χ2n) is 3.00.